The van der Waals surface area contributed by atoms with Gasteiger partial charge in [0.1, 0.15) is 17.2 Å². The van der Waals surface area contributed by atoms with E-state index >= 15 is 0 Å². The van der Waals surface area contributed by atoms with E-state index in [-0.39, 0.29) is 0 Å². The second kappa shape index (κ2) is 5.92. The number of halogens is 2. The molecule has 0 aliphatic carbocycles. The average Bonchev–Trinajstić information content (AvgIpc) is 2.33. The van der Waals surface area contributed by atoms with E-state index in [4.69, 9.17) is 32.7 Å². The van der Waals surface area contributed by atoms with Crippen molar-refractivity contribution in [3.8, 4) is 17.2 Å². The molecule has 2 aromatic carbocycles. The molecule has 0 bridgehead atoms. The molecule has 106 valence electrons. The third kappa shape index (κ3) is 4.30. The van der Waals surface area contributed by atoms with Gasteiger partial charge in [0.05, 0.1) is 5.02 Å². The lowest BCUT2D eigenvalue weighted by atomic mass is 10.3. The first-order valence-corrected chi connectivity index (χ1v) is 6.73. The fourth-order valence-electron chi connectivity index (χ4n) is 1.55. The van der Waals surface area contributed by atoms with E-state index in [0.717, 1.165) is 0 Å². The SMILES string of the molecule is CC(C)(O)Oc1ccc(Oc2ccc(Cl)cc2Cl)cc1. The summed E-state index contributed by atoms with van der Waals surface area (Å²) in [6.07, 6.45) is 0. The van der Waals surface area contributed by atoms with Gasteiger partial charge in [-0.15, -0.1) is 0 Å². The number of benzene rings is 2. The van der Waals surface area contributed by atoms with Gasteiger partial charge >= 0.3 is 0 Å². The van der Waals surface area contributed by atoms with E-state index in [1.807, 2.05) is 0 Å². The van der Waals surface area contributed by atoms with Crippen LogP contribution in [0, 0.1) is 0 Å². The molecule has 0 aromatic heterocycles. The molecule has 0 unspecified atom stereocenters. The lowest BCUT2D eigenvalue weighted by Crippen LogP contribution is -2.26. The summed E-state index contributed by atoms with van der Waals surface area (Å²) < 4.78 is 10.9. The monoisotopic (exact) mass is 312 g/mol. The lowest BCUT2D eigenvalue weighted by molar-refractivity contribution is -0.104. The molecule has 0 atom stereocenters. The largest absolute Gasteiger partial charge is 0.463 e. The van der Waals surface area contributed by atoms with Crippen LogP contribution >= 0.6 is 23.2 Å². The Labute approximate surface area is 127 Å². The average molecular weight is 313 g/mol. The summed E-state index contributed by atoms with van der Waals surface area (Å²) in [7, 11) is 0. The molecule has 0 heterocycles. The topological polar surface area (TPSA) is 38.7 Å². The summed E-state index contributed by atoms with van der Waals surface area (Å²) in [4.78, 5) is 0. The summed E-state index contributed by atoms with van der Waals surface area (Å²) in [6, 6.07) is 11.9. The highest BCUT2D eigenvalue weighted by atomic mass is 35.5. The Morgan fingerprint density at radius 3 is 2.10 bits per heavy atom. The molecule has 1 N–H and O–H groups in total. The van der Waals surface area contributed by atoms with Crippen molar-refractivity contribution < 1.29 is 14.6 Å². The molecule has 0 saturated carbocycles. The summed E-state index contributed by atoms with van der Waals surface area (Å²) in [6.45, 7) is 3.12. The van der Waals surface area contributed by atoms with Crippen LogP contribution < -0.4 is 9.47 Å². The molecule has 20 heavy (non-hydrogen) atoms. The molecule has 2 aromatic rings. The quantitative estimate of drug-likeness (QED) is 0.817. The van der Waals surface area contributed by atoms with Crippen LogP contribution in [-0.2, 0) is 0 Å². The Morgan fingerprint density at radius 2 is 1.55 bits per heavy atom. The summed E-state index contributed by atoms with van der Waals surface area (Å²) in [5.74, 6) is 0.457. The van der Waals surface area contributed by atoms with Gasteiger partial charge in [-0.05, 0) is 42.5 Å². The molecule has 0 radical (unpaired) electrons. The van der Waals surface area contributed by atoms with Gasteiger partial charge in [-0.2, -0.15) is 0 Å². The van der Waals surface area contributed by atoms with Crippen molar-refractivity contribution >= 4 is 23.2 Å². The molecular weight excluding hydrogens is 299 g/mol. The fourth-order valence-corrected chi connectivity index (χ4v) is 2.00. The highest BCUT2D eigenvalue weighted by molar-refractivity contribution is 6.35. The minimum absolute atomic E-state index is 0.439. The van der Waals surface area contributed by atoms with Crippen molar-refractivity contribution in [3.63, 3.8) is 0 Å². The molecule has 0 amide bonds. The van der Waals surface area contributed by atoms with Crippen LogP contribution in [0.3, 0.4) is 0 Å². The maximum atomic E-state index is 9.55. The van der Waals surface area contributed by atoms with E-state index in [9.17, 15) is 5.11 Å². The standard InChI is InChI=1S/C15H14Cl2O3/c1-15(2,18)20-12-6-4-11(5-7-12)19-14-8-3-10(16)9-13(14)17/h3-9,18H,1-2H3. The van der Waals surface area contributed by atoms with E-state index in [2.05, 4.69) is 0 Å². The van der Waals surface area contributed by atoms with Crippen molar-refractivity contribution in [3.05, 3.63) is 52.5 Å². The van der Waals surface area contributed by atoms with Crippen molar-refractivity contribution in [1.29, 1.82) is 0 Å². The van der Waals surface area contributed by atoms with Crippen LogP contribution in [0.5, 0.6) is 17.2 Å². The molecular formula is C15H14Cl2O3. The van der Waals surface area contributed by atoms with E-state index in [1.54, 1.807) is 56.3 Å². The second-order valence-electron chi connectivity index (χ2n) is 4.70. The normalized spacial score (nSPS) is 11.2. The van der Waals surface area contributed by atoms with Crippen LogP contribution in [0.15, 0.2) is 42.5 Å². The minimum atomic E-state index is -1.22. The third-order valence-corrected chi connectivity index (χ3v) is 2.84. The molecule has 3 nitrogen and oxygen atoms in total. The van der Waals surface area contributed by atoms with Crippen LogP contribution in [0.4, 0.5) is 0 Å². The summed E-state index contributed by atoms with van der Waals surface area (Å²) >= 11 is 11.9. The number of hydrogen-bond donors (Lipinski definition) is 1. The molecule has 5 heteroatoms. The maximum absolute atomic E-state index is 9.55. The first-order chi connectivity index (χ1) is 9.33. The minimum Gasteiger partial charge on any atom is -0.463 e. The predicted molar refractivity (Wildman–Crippen MR) is 79.9 cm³/mol. The molecule has 0 aliphatic rings. The predicted octanol–water partition coefficient (Wildman–Crippen LogP) is 4.89. The Bertz CT molecular complexity index is 589. The van der Waals surface area contributed by atoms with Crippen molar-refractivity contribution in [1.82, 2.24) is 0 Å². The lowest BCUT2D eigenvalue weighted by Gasteiger charge is -2.19. The van der Waals surface area contributed by atoms with Gasteiger partial charge in [0, 0.05) is 18.9 Å². The Morgan fingerprint density at radius 1 is 0.950 bits per heavy atom. The maximum Gasteiger partial charge on any atom is 0.202 e. The van der Waals surface area contributed by atoms with Crippen molar-refractivity contribution in [2.75, 3.05) is 0 Å². The Hall–Kier alpha value is -1.42. The molecule has 2 rings (SSSR count). The van der Waals surface area contributed by atoms with Gasteiger partial charge in [0.15, 0.2) is 0 Å². The van der Waals surface area contributed by atoms with Gasteiger partial charge in [-0.3, -0.25) is 0 Å². The number of ether oxygens (including phenoxy) is 2. The smallest absolute Gasteiger partial charge is 0.202 e. The first kappa shape index (κ1) is 15.0. The molecule has 0 saturated heterocycles. The van der Waals surface area contributed by atoms with E-state index in [0.29, 0.717) is 27.3 Å². The van der Waals surface area contributed by atoms with Crippen LogP contribution in [0.1, 0.15) is 13.8 Å². The summed E-state index contributed by atoms with van der Waals surface area (Å²) in [5, 5.41) is 10.5. The van der Waals surface area contributed by atoms with Gasteiger partial charge in [0.25, 0.3) is 0 Å². The molecule has 0 aliphatic heterocycles. The highest BCUT2D eigenvalue weighted by Crippen LogP contribution is 2.32. The number of hydrogen-bond acceptors (Lipinski definition) is 3. The van der Waals surface area contributed by atoms with Crippen molar-refractivity contribution in [2.45, 2.75) is 19.6 Å². The Kier molecular flexibility index (Phi) is 4.43. The number of aliphatic hydroxyl groups is 1. The zero-order chi connectivity index (χ0) is 14.8. The van der Waals surface area contributed by atoms with Gasteiger partial charge in [-0.1, -0.05) is 23.2 Å². The second-order valence-corrected chi connectivity index (χ2v) is 5.54. The van der Waals surface area contributed by atoms with Crippen molar-refractivity contribution in [2.24, 2.45) is 0 Å². The van der Waals surface area contributed by atoms with Crippen LogP contribution in [0.25, 0.3) is 0 Å². The van der Waals surface area contributed by atoms with Gasteiger partial charge < -0.3 is 14.6 Å². The fraction of sp³-hybridized carbons (Fsp3) is 0.200. The molecule has 0 fully saturated rings. The third-order valence-electron chi connectivity index (χ3n) is 2.31. The van der Waals surface area contributed by atoms with Gasteiger partial charge in [0.2, 0.25) is 5.79 Å². The molecule has 0 spiro atoms. The number of rotatable bonds is 4. The Balaban J connectivity index is 2.11. The zero-order valence-corrected chi connectivity index (χ0v) is 12.6. The van der Waals surface area contributed by atoms with E-state index in [1.165, 1.54) is 0 Å². The summed E-state index contributed by atoms with van der Waals surface area (Å²) in [5.41, 5.74) is 0. The van der Waals surface area contributed by atoms with Gasteiger partial charge in [-0.25, -0.2) is 0 Å². The highest BCUT2D eigenvalue weighted by Gasteiger charge is 2.13. The van der Waals surface area contributed by atoms with Crippen LogP contribution in [-0.4, -0.2) is 10.9 Å². The zero-order valence-electron chi connectivity index (χ0n) is 11.1. The van der Waals surface area contributed by atoms with Crippen LogP contribution in [0.2, 0.25) is 10.0 Å². The first-order valence-electron chi connectivity index (χ1n) is 5.98. The van der Waals surface area contributed by atoms with E-state index < -0.39 is 5.79 Å².